The summed E-state index contributed by atoms with van der Waals surface area (Å²) in [5.74, 6) is 0.694. The smallest absolute Gasteiger partial charge is 0.271 e. The lowest BCUT2D eigenvalue weighted by atomic mass is 9.96. The molecule has 0 saturated heterocycles. The van der Waals surface area contributed by atoms with Crippen LogP contribution in [0.4, 0.5) is 0 Å². The van der Waals surface area contributed by atoms with Crippen molar-refractivity contribution < 1.29 is 17.7 Å². The third kappa shape index (κ3) is 13.4. The molecule has 0 bridgehead atoms. The van der Waals surface area contributed by atoms with Crippen molar-refractivity contribution in [3.8, 4) is 5.75 Å². The Hall–Kier alpha value is -1.07. The summed E-state index contributed by atoms with van der Waals surface area (Å²) in [5, 5.41) is -0.962. The van der Waals surface area contributed by atoms with E-state index in [1.807, 2.05) is 6.07 Å². The minimum atomic E-state index is -4.12. The molecule has 1 aromatic rings. The average molecular weight is 483 g/mol. The molecule has 0 saturated carbocycles. The molecule has 33 heavy (non-hydrogen) atoms. The van der Waals surface area contributed by atoms with Crippen molar-refractivity contribution >= 4 is 10.1 Å². The second kappa shape index (κ2) is 17.4. The number of unbranched alkanes of at least 4 members (excludes halogenated alkanes) is 12. The van der Waals surface area contributed by atoms with E-state index in [1.54, 1.807) is 6.92 Å². The molecule has 0 amide bonds. The fourth-order valence-electron chi connectivity index (χ4n) is 4.25. The number of benzene rings is 1. The van der Waals surface area contributed by atoms with E-state index in [2.05, 4.69) is 26.0 Å². The van der Waals surface area contributed by atoms with Crippen LogP contribution in [0.2, 0.25) is 0 Å². The first-order valence-corrected chi connectivity index (χ1v) is 15.0. The van der Waals surface area contributed by atoms with Crippen molar-refractivity contribution in [2.75, 3.05) is 0 Å². The predicted octanol–water partition coefficient (Wildman–Crippen LogP) is 8.32. The molecular formula is C28H50O4S. The molecule has 0 fully saturated rings. The first-order chi connectivity index (χ1) is 15.8. The van der Waals surface area contributed by atoms with Gasteiger partial charge < -0.3 is 4.74 Å². The highest BCUT2D eigenvalue weighted by Crippen LogP contribution is 2.24. The van der Waals surface area contributed by atoms with Crippen molar-refractivity contribution in [1.82, 2.24) is 0 Å². The molecule has 0 aliphatic carbocycles. The van der Waals surface area contributed by atoms with Gasteiger partial charge in [0.1, 0.15) is 17.1 Å². The van der Waals surface area contributed by atoms with Crippen LogP contribution in [0, 0.1) is 0 Å². The fourth-order valence-corrected chi connectivity index (χ4v) is 4.79. The zero-order valence-corrected chi connectivity index (χ0v) is 22.6. The molecule has 1 rings (SSSR count). The third-order valence-electron chi connectivity index (χ3n) is 6.73. The Morgan fingerprint density at radius 1 is 0.727 bits per heavy atom. The maximum atomic E-state index is 11.5. The topological polar surface area (TPSA) is 63.6 Å². The summed E-state index contributed by atoms with van der Waals surface area (Å²) in [6.45, 7) is 7.68. The van der Waals surface area contributed by atoms with Crippen LogP contribution in [0.3, 0.4) is 0 Å². The van der Waals surface area contributed by atoms with Gasteiger partial charge in [-0.15, -0.1) is 0 Å². The average Bonchev–Trinajstić information content (AvgIpc) is 2.77. The standard InChI is InChI=1S/C28H50O4S/c1-5-7-9-11-13-15-17-19-26-21-22-28(32-24(3)25(4)33(29,30)31)23-27(26)20-18-16-14-12-10-8-6-2/h21-25H,5-20H2,1-4H3,(H,29,30,31). The quantitative estimate of drug-likeness (QED) is 0.150. The van der Waals surface area contributed by atoms with Gasteiger partial charge in [0, 0.05) is 0 Å². The lowest BCUT2D eigenvalue weighted by molar-refractivity contribution is 0.214. The maximum Gasteiger partial charge on any atom is 0.271 e. The zero-order chi connectivity index (χ0) is 24.5. The van der Waals surface area contributed by atoms with E-state index in [9.17, 15) is 13.0 Å². The van der Waals surface area contributed by atoms with Gasteiger partial charge in [-0.2, -0.15) is 8.42 Å². The molecule has 0 radical (unpaired) electrons. The van der Waals surface area contributed by atoms with Gasteiger partial charge in [0.25, 0.3) is 10.1 Å². The Kier molecular flexibility index (Phi) is 15.8. The predicted molar refractivity (Wildman–Crippen MR) is 141 cm³/mol. The van der Waals surface area contributed by atoms with Crippen LogP contribution >= 0.6 is 0 Å². The molecule has 5 heteroatoms. The summed E-state index contributed by atoms with van der Waals surface area (Å²) < 4.78 is 38.2. The molecule has 0 heterocycles. The molecule has 192 valence electrons. The van der Waals surface area contributed by atoms with Crippen LogP contribution in [-0.2, 0) is 23.0 Å². The van der Waals surface area contributed by atoms with Gasteiger partial charge in [-0.1, -0.05) is 97.0 Å². The van der Waals surface area contributed by atoms with Gasteiger partial charge in [0.2, 0.25) is 0 Å². The lowest BCUT2D eigenvalue weighted by Gasteiger charge is -2.20. The van der Waals surface area contributed by atoms with E-state index in [0.29, 0.717) is 5.75 Å². The first-order valence-electron chi connectivity index (χ1n) is 13.5. The molecule has 1 N–H and O–H groups in total. The highest BCUT2D eigenvalue weighted by atomic mass is 32.2. The number of rotatable bonds is 20. The van der Waals surface area contributed by atoms with Gasteiger partial charge in [0.15, 0.2) is 0 Å². The van der Waals surface area contributed by atoms with Gasteiger partial charge in [-0.25, -0.2) is 0 Å². The molecule has 0 spiro atoms. The van der Waals surface area contributed by atoms with Crippen LogP contribution in [-0.4, -0.2) is 24.3 Å². The van der Waals surface area contributed by atoms with Crippen LogP contribution in [0.25, 0.3) is 0 Å². The van der Waals surface area contributed by atoms with Gasteiger partial charge in [-0.05, 0) is 62.8 Å². The summed E-state index contributed by atoms with van der Waals surface area (Å²) >= 11 is 0. The van der Waals surface area contributed by atoms with E-state index in [1.165, 1.54) is 108 Å². The number of aryl methyl sites for hydroxylation is 2. The van der Waals surface area contributed by atoms with Gasteiger partial charge in [0.05, 0.1) is 0 Å². The van der Waals surface area contributed by atoms with E-state index in [-0.39, 0.29) is 0 Å². The largest absolute Gasteiger partial charge is 0.489 e. The Morgan fingerprint density at radius 3 is 1.67 bits per heavy atom. The van der Waals surface area contributed by atoms with Crippen LogP contribution in [0.15, 0.2) is 18.2 Å². The Bertz CT molecular complexity index is 729. The Morgan fingerprint density at radius 2 is 1.18 bits per heavy atom. The molecule has 2 unspecified atom stereocenters. The van der Waals surface area contributed by atoms with E-state index in [0.717, 1.165) is 12.8 Å². The van der Waals surface area contributed by atoms with Crippen molar-refractivity contribution in [1.29, 1.82) is 0 Å². The Labute approximate surface area is 204 Å². The number of ether oxygens (including phenoxy) is 1. The van der Waals surface area contributed by atoms with Crippen LogP contribution < -0.4 is 4.74 Å². The second-order valence-electron chi connectivity index (χ2n) is 9.72. The molecular weight excluding hydrogens is 432 g/mol. The molecule has 0 aromatic heterocycles. The summed E-state index contributed by atoms with van der Waals surface area (Å²) in [4.78, 5) is 0. The number of hydrogen-bond donors (Lipinski definition) is 1. The SMILES string of the molecule is CCCCCCCCCc1ccc(OC(C)C(C)S(=O)(=O)O)cc1CCCCCCCCC. The molecule has 2 atom stereocenters. The normalized spacial score (nSPS) is 13.7. The van der Waals surface area contributed by atoms with Gasteiger partial charge in [-0.3, -0.25) is 4.55 Å². The highest BCUT2D eigenvalue weighted by molar-refractivity contribution is 7.86. The monoisotopic (exact) mass is 482 g/mol. The lowest BCUT2D eigenvalue weighted by Crippen LogP contribution is -2.33. The van der Waals surface area contributed by atoms with Crippen molar-refractivity contribution in [2.24, 2.45) is 0 Å². The molecule has 4 nitrogen and oxygen atoms in total. The minimum absolute atomic E-state index is 0.611. The third-order valence-corrected chi connectivity index (χ3v) is 8.05. The zero-order valence-electron chi connectivity index (χ0n) is 21.8. The fraction of sp³-hybridized carbons (Fsp3) is 0.786. The van der Waals surface area contributed by atoms with E-state index >= 15 is 0 Å². The minimum Gasteiger partial charge on any atom is -0.489 e. The summed E-state index contributed by atoms with van der Waals surface area (Å²) in [6, 6.07) is 6.22. The molecule has 1 aromatic carbocycles. The summed E-state index contributed by atoms with van der Waals surface area (Å²) in [6.07, 6.45) is 19.7. The van der Waals surface area contributed by atoms with Crippen LogP contribution in [0.1, 0.15) is 129 Å². The van der Waals surface area contributed by atoms with Crippen LogP contribution in [0.5, 0.6) is 5.75 Å². The van der Waals surface area contributed by atoms with Crippen molar-refractivity contribution in [2.45, 2.75) is 142 Å². The van der Waals surface area contributed by atoms with E-state index < -0.39 is 21.5 Å². The first kappa shape index (κ1) is 30.0. The van der Waals surface area contributed by atoms with E-state index in [4.69, 9.17) is 4.74 Å². The maximum absolute atomic E-state index is 11.5. The number of hydrogen-bond acceptors (Lipinski definition) is 3. The van der Waals surface area contributed by atoms with Gasteiger partial charge >= 0.3 is 0 Å². The second-order valence-corrected chi connectivity index (χ2v) is 11.5. The molecule has 0 aliphatic rings. The van der Waals surface area contributed by atoms with Crippen molar-refractivity contribution in [3.63, 3.8) is 0 Å². The highest BCUT2D eigenvalue weighted by Gasteiger charge is 2.26. The van der Waals surface area contributed by atoms with Crippen molar-refractivity contribution in [3.05, 3.63) is 29.3 Å². The summed E-state index contributed by atoms with van der Waals surface area (Å²) in [7, 11) is -4.12. The summed E-state index contributed by atoms with van der Waals surface area (Å²) in [5.41, 5.74) is 2.73. The molecule has 0 aliphatic heterocycles. The Balaban J connectivity index is 2.68.